The second-order valence-electron chi connectivity index (χ2n) is 8.32. The second-order valence-corrected chi connectivity index (χ2v) is 10.1. The van der Waals surface area contributed by atoms with Crippen molar-refractivity contribution in [3.63, 3.8) is 0 Å². The lowest BCUT2D eigenvalue weighted by Crippen LogP contribution is -2.53. The van der Waals surface area contributed by atoms with Crippen LogP contribution in [0.5, 0.6) is 0 Å². The van der Waals surface area contributed by atoms with Crippen molar-refractivity contribution in [1.29, 1.82) is 0 Å². The van der Waals surface area contributed by atoms with Crippen LogP contribution < -0.4 is 9.62 Å². The first-order chi connectivity index (χ1) is 14.1. The largest absolute Gasteiger partial charge is 0.341 e. The maximum atomic E-state index is 12.6. The molecule has 0 atom stereocenters. The number of rotatable bonds is 3. The van der Waals surface area contributed by atoms with Crippen LogP contribution in [0, 0.1) is 0 Å². The van der Waals surface area contributed by atoms with E-state index in [0.29, 0.717) is 18.2 Å². The number of piperidine rings is 1. The number of nitrogens with one attached hydrogen (secondary N) is 1. The first-order valence-electron chi connectivity index (χ1n) is 10.3. The van der Waals surface area contributed by atoms with E-state index in [9.17, 15) is 8.42 Å². The third kappa shape index (κ3) is 3.51. The summed E-state index contributed by atoms with van der Waals surface area (Å²) in [5.41, 5.74) is 1.66. The quantitative estimate of drug-likeness (QED) is 0.809. The molecule has 0 unspecified atom stereocenters. The van der Waals surface area contributed by atoms with E-state index >= 15 is 0 Å². The molecular formula is C20H26N6O2S. The van der Waals surface area contributed by atoms with Crippen LogP contribution >= 0.6 is 0 Å². The van der Waals surface area contributed by atoms with Crippen molar-refractivity contribution in [3.05, 3.63) is 42.0 Å². The van der Waals surface area contributed by atoms with Crippen LogP contribution in [-0.2, 0) is 22.0 Å². The van der Waals surface area contributed by atoms with Crippen LogP contribution in [0.25, 0.3) is 0 Å². The Hall–Kier alpha value is -2.10. The Morgan fingerprint density at radius 2 is 1.90 bits per heavy atom. The van der Waals surface area contributed by atoms with Gasteiger partial charge in [0.05, 0.1) is 11.9 Å². The average Bonchev–Trinajstić information content (AvgIpc) is 3.28. The monoisotopic (exact) mass is 414 g/mol. The average molecular weight is 415 g/mol. The summed E-state index contributed by atoms with van der Waals surface area (Å²) in [6.45, 7) is 4.97. The number of pyridine rings is 1. The van der Waals surface area contributed by atoms with E-state index in [1.807, 2.05) is 12.3 Å². The van der Waals surface area contributed by atoms with Gasteiger partial charge in [-0.05, 0) is 50.4 Å². The molecule has 0 saturated carbocycles. The van der Waals surface area contributed by atoms with Gasteiger partial charge in [0.2, 0.25) is 16.0 Å². The first kappa shape index (κ1) is 18.9. The van der Waals surface area contributed by atoms with Gasteiger partial charge < -0.3 is 4.90 Å². The predicted molar refractivity (Wildman–Crippen MR) is 109 cm³/mol. The topological polar surface area (TPSA) is 91.3 Å². The normalized spacial score (nSPS) is 23.2. The maximum Gasteiger partial charge on any atom is 0.243 e. The van der Waals surface area contributed by atoms with E-state index in [1.54, 1.807) is 6.20 Å². The van der Waals surface area contributed by atoms with Gasteiger partial charge in [0, 0.05) is 44.0 Å². The Kier molecular flexibility index (Phi) is 4.76. The SMILES string of the molecule is O=S1(=O)NCC2(CCN(Cc3cccnc3)CC2)c2nc(N3CCCC3)ncc21. The molecule has 5 heterocycles. The number of hydrogen-bond donors (Lipinski definition) is 1. The molecule has 0 aromatic carbocycles. The summed E-state index contributed by atoms with van der Waals surface area (Å²) in [5.74, 6) is 0.676. The van der Waals surface area contributed by atoms with Gasteiger partial charge in [-0.2, -0.15) is 0 Å². The fourth-order valence-electron chi connectivity index (χ4n) is 4.70. The molecule has 2 fully saturated rings. The summed E-state index contributed by atoms with van der Waals surface area (Å²) in [7, 11) is -3.54. The standard InChI is InChI=1S/C20H26N6O2S/c27-29(28)17-13-22-19(26-8-1-2-9-26)24-18(17)20(15-23-29)5-10-25(11-6-20)14-16-4-3-7-21-12-16/h3-4,7,12-13,23H,1-2,5-6,8-11,14-15H2. The molecule has 3 aliphatic rings. The molecule has 0 radical (unpaired) electrons. The third-order valence-electron chi connectivity index (χ3n) is 6.47. The van der Waals surface area contributed by atoms with Gasteiger partial charge in [-0.3, -0.25) is 9.88 Å². The van der Waals surface area contributed by atoms with Crippen LogP contribution in [0.3, 0.4) is 0 Å². The van der Waals surface area contributed by atoms with Crippen LogP contribution in [0.4, 0.5) is 5.95 Å². The summed E-state index contributed by atoms with van der Waals surface area (Å²) >= 11 is 0. The molecule has 1 N–H and O–H groups in total. The second kappa shape index (κ2) is 7.30. The summed E-state index contributed by atoms with van der Waals surface area (Å²) < 4.78 is 28.0. The number of nitrogens with zero attached hydrogens (tertiary/aromatic N) is 5. The van der Waals surface area contributed by atoms with Crippen molar-refractivity contribution in [2.75, 3.05) is 37.6 Å². The molecule has 0 bridgehead atoms. The van der Waals surface area contributed by atoms with Crippen molar-refractivity contribution in [1.82, 2.24) is 24.6 Å². The number of aromatic nitrogens is 3. The van der Waals surface area contributed by atoms with Crippen LogP contribution in [0.2, 0.25) is 0 Å². The third-order valence-corrected chi connectivity index (χ3v) is 7.87. The summed E-state index contributed by atoms with van der Waals surface area (Å²) in [5, 5.41) is 0. The number of sulfonamides is 1. The number of hydrogen-bond acceptors (Lipinski definition) is 7. The Morgan fingerprint density at radius 3 is 2.62 bits per heavy atom. The number of likely N-dealkylation sites (tertiary alicyclic amines) is 1. The van der Waals surface area contributed by atoms with E-state index in [2.05, 4.69) is 30.6 Å². The number of anilines is 1. The van der Waals surface area contributed by atoms with Gasteiger partial charge in [-0.1, -0.05) is 6.07 Å². The van der Waals surface area contributed by atoms with Crippen LogP contribution in [0.15, 0.2) is 35.6 Å². The van der Waals surface area contributed by atoms with Crippen molar-refractivity contribution in [2.24, 2.45) is 0 Å². The molecule has 2 aromatic rings. The molecule has 2 aromatic heterocycles. The van der Waals surface area contributed by atoms with Crippen molar-refractivity contribution >= 4 is 16.0 Å². The van der Waals surface area contributed by atoms with Crippen LogP contribution in [0.1, 0.15) is 36.9 Å². The van der Waals surface area contributed by atoms with Crippen LogP contribution in [-0.4, -0.2) is 61.0 Å². The highest BCUT2D eigenvalue weighted by molar-refractivity contribution is 7.89. The van der Waals surface area contributed by atoms with Gasteiger partial charge in [-0.15, -0.1) is 0 Å². The highest BCUT2D eigenvalue weighted by atomic mass is 32.2. The zero-order valence-corrected chi connectivity index (χ0v) is 17.2. The van der Waals surface area contributed by atoms with E-state index in [4.69, 9.17) is 4.98 Å². The highest BCUT2D eigenvalue weighted by Gasteiger charge is 2.46. The summed E-state index contributed by atoms with van der Waals surface area (Å²) in [6, 6.07) is 4.06. The minimum atomic E-state index is -3.54. The van der Waals surface area contributed by atoms with Crippen molar-refractivity contribution < 1.29 is 8.42 Å². The molecule has 5 rings (SSSR count). The molecule has 0 amide bonds. The molecule has 2 saturated heterocycles. The lowest BCUT2D eigenvalue weighted by Gasteiger charge is -2.44. The first-order valence-corrected chi connectivity index (χ1v) is 11.8. The van der Waals surface area contributed by atoms with Gasteiger partial charge in [0.15, 0.2) is 0 Å². The minimum absolute atomic E-state index is 0.257. The molecule has 29 heavy (non-hydrogen) atoms. The van der Waals surface area contributed by atoms with Gasteiger partial charge in [0.25, 0.3) is 0 Å². The van der Waals surface area contributed by atoms with Gasteiger partial charge >= 0.3 is 0 Å². The van der Waals surface area contributed by atoms with E-state index < -0.39 is 10.0 Å². The minimum Gasteiger partial charge on any atom is -0.341 e. The van der Waals surface area contributed by atoms with E-state index in [1.165, 1.54) is 11.8 Å². The molecular weight excluding hydrogens is 388 g/mol. The smallest absolute Gasteiger partial charge is 0.243 e. The Labute approximate surface area is 171 Å². The maximum absolute atomic E-state index is 12.6. The van der Waals surface area contributed by atoms with Gasteiger partial charge in [-0.25, -0.2) is 23.1 Å². The molecule has 3 aliphatic heterocycles. The van der Waals surface area contributed by atoms with E-state index in [-0.39, 0.29) is 10.3 Å². The summed E-state index contributed by atoms with van der Waals surface area (Å²) in [6.07, 6.45) is 9.23. The Balaban J connectivity index is 1.42. The van der Waals surface area contributed by atoms with Crippen molar-refractivity contribution in [2.45, 2.75) is 42.5 Å². The molecule has 1 spiro atoms. The zero-order chi connectivity index (χ0) is 19.9. The Morgan fingerprint density at radius 1 is 1.10 bits per heavy atom. The van der Waals surface area contributed by atoms with Gasteiger partial charge in [0.1, 0.15) is 4.90 Å². The predicted octanol–water partition coefficient (Wildman–Crippen LogP) is 1.30. The molecule has 9 heteroatoms. The number of fused-ring (bicyclic) bond motifs is 2. The zero-order valence-electron chi connectivity index (χ0n) is 16.4. The van der Waals surface area contributed by atoms with Crippen molar-refractivity contribution in [3.8, 4) is 0 Å². The lowest BCUT2D eigenvalue weighted by atomic mass is 9.75. The highest BCUT2D eigenvalue weighted by Crippen LogP contribution is 2.41. The molecule has 0 aliphatic carbocycles. The molecule has 154 valence electrons. The van der Waals surface area contributed by atoms with E-state index in [0.717, 1.165) is 58.4 Å². The lowest BCUT2D eigenvalue weighted by molar-refractivity contribution is 0.147. The molecule has 8 nitrogen and oxygen atoms in total. The fourth-order valence-corrected chi connectivity index (χ4v) is 6.03. The summed E-state index contributed by atoms with van der Waals surface area (Å²) in [4.78, 5) is 18.3. The fraction of sp³-hybridized carbons (Fsp3) is 0.550. The Bertz CT molecular complexity index is 983.